The maximum absolute atomic E-state index is 12.6. The highest BCUT2D eigenvalue weighted by atomic mass is 16.6. The zero-order valence-electron chi connectivity index (χ0n) is 15.1. The Labute approximate surface area is 142 Å². The summed E-state index contributed by atoms with van der Waals surface area (Å²) in [5.74, 6) is 0.248. The minimum absolute atomic E-state index is 0.215. The Balaban J connectivity index is 2.05. The van der Waals surface area contributed by atoms with Gasteiger partial charge in [-0.25, -0.2) is 4.79 Å². The molecular formula is C17H27N3O4. The Morgan fingerprint density at radius 1 is 1.38 bits per heavy atom. The smallest absolute Gasteiger partial charge is 0.410 e. The fraction of sp³-hybridized carbons (Fsp3) is 0.706. The molecule has 134 valence electrons. The predicted octanol–water partition coefficient (Wildman–Crippen LogP) is 3.53. The molecule has 0 bridgehead atoms. The van der Waals surface area contributed by atoms with Crippen molar-refractivity contribution in [3.05, 3.63) is 11.8 Å². The summed E-state index contributed by atoms with van der Waals surface area (Å²) in [5, 5.41) is 6.64. The molecule has 0 aromatic carbocycles. The molecule has 0 saturated carbocycles. The highest BCUT2D eigenvalue weighted by Crippen LogP contribution is 2.23. The van der Waals surface area contributed by atoms with Crippen LogP contribution in [-0.4, -0.2) is 40.2 Å². The van der Waals surface area contributed by atoms with Crippen molar-refractivity contribution in [1.82, 2.24) is 10.1 Å². The van der Waals surface area contributed by atoms with Crippen molar-refractivity contribution in [2.45, 2.75) is 71.4 Å². The number of piperidine rings is 1. The lowest BCUT2D eigenvalue weighted by Gasteiger charge is -2.35. The number of nitrogens with one attached hydrogen (secondary N) is 1. The maximum Gasteiger partial charge on any atom is 0.410 e. The molecule has 1 fully saturated rings. The second-order valence-corrected chi connectivity index (χ2v) is 7.45. The zero-order valence-corrected chi connectivity index (χ0v) is 15.1. The van der Waals surface area contributed by atoms with E-state index in [0.717, 1.165) is 18.5 Å². The number of hydrogen-bond acceptors (Lipinski definition) is 5. The summed E-state index contributed by atoms with van der Waals surface area (Å²) in [7, 11) is 0. The van der Waals surface area contributed by atoms with Crippen LogP contribution in [0.2, 0.25) is 0 Å². The van der Waals surface area contributed by atoms with E-state index in [1.165, 1.54) is 4.90 Å². The van der Waals surface area contributed by atoms with Crippen molar-refractivity contribution >= 4 is 17.9 Å². The molecule has 2 amide bonds. The number of aromatic nitrogens is 1. The van der Waals surface area contributed by atoms with Crippen LogP contribution >= 0.6 is 0 Å². The van der Waals surface area contributed by atoms with Crippen LogP contribution in [0.1, 0.15) is 65.5 Å². The number of amides is 2. The highest BCUT2D eigenvalue weighted by molar-refractivity contribution is 5.95. The average Bonchev–Trinajstić information content (AvgIpc) is 2.94. The molecule has 24 heavy (non-hydrogen) atoms. The lowest BCUT2D eigenvalue weighted by molar-refractivity contribution is -0.122. The lowest BCUT2D eigenvalue weighted by atomic mass is 10.0. The van der Waals surface area contributed by atoms with Gasteiger partial charge in [-0.2, -0.15) is 0 Å². The Kier molecular flexibility index (Phi) is 5.51. The number of hydrogen-bond donors (Lipinski definition) is 1. The molecule has 1 aliphatic rings. The van der Waals surface area contributed by atoms with Crippen molar-refractivity contribution < 1.29 is 18.8 Å². The maximum atomic E-state index is 12.6. The number of ether oxygens (including phenoxy) is 1. The van der Waals surface area contributed by atoms with Gasteiger partial charge < -0.3 is 9.26 Å². The monoisotopic (exact) mass is 337 g/mol. The number of rotatable bonds is 3. The molecular weight excluding hydrogens is 310 g/mol. The Morgan fingerprint density at radius 3 is 2.67 bits per heavy atom. The number of nitrogens with zero attached hydrogens (tertiary/aromatic N) is 2. The van der Waals surface area contributed by atoms with Gasteiger partial charge in [0.25, 0.3) is 0 Å². The van der Waals surface area contributed by atoms with Crippen LogP contribution in [-0.2, 0) is 9.53 Å². The van der Waals surface area contributed by atoms with E-state index in [-0.39, 0.29) is 11.8 Å². The molecule has 1 N–H and O–H groups in total. The molecule has 1 aromatic heterocycles. The van der Waals surface area contributed by atoms with Crippen LogP contribution in [0.15, 0.2) is 10.6 Å². The average molecular weight is 337 g/mol. The van der Waals surface area contributed by atoms with Gasteiger partial charge in [0.15, 0.2) is 0 Å². The van der Waals surface area contributed by atoms with Crippen molar-refractivity contribution in [2.75, 3.05) is 11.9 Å². The summed E-state index contributed by atoms with van der Waals surface area (Å²) in [4.78, 5) is 26.4. The van der Waals surface area contributed by atoms with Crippen LogP contribution in [0.4, 0.5) is 10.7 Å². The Morgan fingerprint density at radius 2 is 2.08 bits per heavy atom. The van der Waals surface area contributed by atoms with E-state index >= 15 is 0 Å². The second-order valence-electron chi connectivity index (χ2n) is 7.45. The molecule has 7 heteroatoms. The van der Waals surface area contributed by atoms with Crippen molar-refractivity contribution in [3.63, 3.8) is 0 Å². The second kappa shape index (κ2) is 7.23. The van der Waals surface area contributed by atoms with E-state index in [9.17, 15) is 9.59 Å². The summed E-state index contributed by atoms with van der Waals surface area (Å²) in [6.07, 6.45) is 1.91. The predicted molar refractivity (Wildman–Crippen MR) is 89.8 cm³/mol. The van der Waals surface area contributed by atoms with Gasteiger partial charge >= 0.3 is 6.09 Å². The minimum atomic E-state index is -0.591. The van der Waals surface area contributed by atoms with Crippen LogP contribution in [0, 0.1) is 0 Å². The normalized spacial score (nSPS) is 18.6. The van der Waals surface area contributed by atoms with Crippen LogP contribution in [0.5, 0.6) is 0 Å². The molecule has 0 spiro atoms. The Hall–Kier alpha value is -2.05. The van der Waals surface area contributed by atoms with Gasteiger partial charge in [-0.15, -0.1) is 0 Å². The van der Waals surface area contributed by atoms with Gasteiger partial charge in [-0.05, 0) is 46.0 Å². The third-order valence-corrected chi connectivity index (χ3v) is 3.80. The summed E-state index contributed by atoms with van der Waals surface area (Å²) in [5.41, 5.74) is 0.185. The molecule has 2 heterocycles. The van der Waals surface area contributed by atoms with Crippen molar-refractivity contribution in [3.8, 4) is 0 Å². The zero-order chi connectivity index (χ0) is 17.9. The third-order valence-electron chi connectivity index (χ3n) is 3.80. The Bertz CT molecular complexity index is 589. The van der Waals surface area contributed by atoms with Gasteiger partial charge in [0.1, 0.15) is 11.6 Å². The fourth-order valence-corrected chi connectivity index (χ4v) is 2.57. The van der Waals surface area contributed by atoms with E-state index in [2.05, 4.69) is 10.5 Å². The van der Waals surface area contributed by atoms with Gasteiger partial charge in [-0.1, -0.05) is 19.0 Å². The first-order valence-electron chi connectivity index (χ1n) is 8.44. The van der Waals surface area contributed by atoms with E-state index in [0.29, 0.717) is 18.8 Å². The molecule has 1 aliphatic heterocycles. The SMILES string of the molecule is CC(C)c1cc(NC(=O)[C@@H]2CCCCN2C(=O)OC(C)(C)C)on1. The topological polar surface area (TPSA) is 84.7 Å². The first-order valence-corrected chi connectivity index (χ1v) is 8.44. The molecule has 1 atom stereocenters. The van der Waals surface area contributed by atoms with Crippen molar-refractivity contribution in [2.24, 2.45) is 0 Å². The quantitative estimate of drug-likeness (QED) is 0.912. The summed E-state index contributed by atoms with van der Waals surface area (Å²) in [6, 6.07) is 1.16. The lowest BCUT2D eigenvalue weighted by Crippen LogP contribution is -2.51. The minimum Gasteiger partial charge on any atom is -0.444 e. The van der Waals surface area contributed by atoms with E-state index in [4.69, 9.17) is 9.26 Å². The molecule has 0 radical (unpaired) electrons. The van der Waals surface area contributed by atoms with E-state index in [1.807, 2.05) is 34.6 Å². The van der Waals surface area contributed by atoms with E-state index in [1.54, 1.807) is 6.07 Å². The number of carbonyl (C=O) groups is 2. The van der Waals surface area contributed by atoms with Gasteiger partial charge in [0.2, 0.25) is 11.8 Å². The molecule has 1 saturated heterocycles. The first kappa shape index (κ1) is 18.3. The largest absolute Gasteiger partial charge is 0.444 e. The van der Waals surface area contributed by atoms with Crippen molar-refractivity contribution in [1.29, 1.82) is 0 Å². The molecule has 0 unspecified atom stereocenters. The number of carbonyl (C=O) groups excluding carboxylic acids is 2. The summed E-state index contributed by atoms with van der Waals surface area (Å²) < 4.78 is 10.6. The van der Waals surface area contributed by atoms with Crippen LogP contribution in [0.25, 0.3) is 0 Å². The number of anilines is 1. The van der Waals surface area contributed by atoms with Crippen LogP contribution < -0.4 is 5.32 Å². The third kappa shape index (κ3) is 4.72. The molecule has 1 aromatic rings. The first-order chi connectivity index (χ1) is 11.2. The molecule has 0 aliphatic carbocycles. The summed E-state index contributed by atoms with van der Waals surface area (Å²) in [6.45, 7) is 9.94. The highest BCUT2D eigenvalue weighted by Gasteiger charge is 2.35. The van der Waals surface area contributed by atoms with Gasteiger partial charge in [0, 0.05) is 12.6 Å². The molecule has 2 rings (SSSR count). The summed E-state index contributed by atoms with van der Waals surface area (Å²) >= 11 is 0. The van der Waals surface area contributed by atoms with Gasteiger partial charge in [0.05, 0.1) is 5.69 Å². The molecule has 7 nitrogen and oxygen atoms in total. The van der Waals surface area contributed by atoms with E-state index < -0.39 is 17.7 Å². The number of likely N-dealkylation sites (tertiary alicyclic amines) is 1. The van der Waals surface area contributed by atoms with Gasteiger partial charge in [-0.3, -0.25) is 15.0 Å². The standard InChI is InChI=1S/C17H27N3O4/c1-11(2)12-10-14(24-19-12)18-15(21)13-8-6-7-9-20(13)16(22)23-17(3,4)5/h10-11,13H,6-9H2,1-5H3,(H,18,21)/t13-/m0/s1. The van der Waals surface area contributed by atoms with Crippen LogP contribution in [0.3, 0.4) is 0 Å². The fourth-order valence-electron chi connectivity index (χ4n) is 2.57.